The molecule has 0 spiro atoms. The third-order valence-electron chi connectivity index (χ3n) is 12.7. The van der Waals surface area contributed by atoms with Crippen molar-refractivity contribution in [1.29, 1.82) is 0 Å². The highest BCUT2D eigenvalue weighted by Gasteiger charge is 2.43. The highest BCUT2D eigenvalue weighted by atomic mass is 31.2. The zero-order chi connectivity index (χ0) is 39.7. The molecule has 0 N–H and O–H groups in total. The van der Waals surface area contributed by atoms with E-state index in [1.807, 2.05) is 66.7 Å². The summed E-state index contributed by atoms with van der Waals surface area (Å²) in [5.74, 6) is 0. The van der Waals surface area contributed by atoms with Gasteiger partial charge in [0, 0.05) is 21.3 Å². The molecule has 7 rings (SSSR count). The average Bonchev–Trinajstić information content (AvgIpc) is 3.51. The van der Waals surface area contributed by atoms with Crippen molar-refractivity contribution in [1.82, 2.24) is 0 Å². The normalized spacial score (nSPS) is 13.3. The fourth-order valence-corrected chi connectivity index (χ4v) is 12.5. The second kappa shape index (κ2) is 18.9. The van der Waals surface area contributed by atoms with Crippen LogP contribution in [0.5, 0.6) is 0 Å². The van der Waals surface area contributed by atoms with Crippen molar-refractivity contribution in [2.45, 2.75) is 123 Å². The first-order chi connectivity index (χ1) is 27.9. The number of hydrogen-bond acceptors (Lipinski definition) is 1. The van der Waals surface area contributed by atoms with Gasteiger partial charge in [-0.2, -0.15) is 0 Å². The third kappa shape index (κ3) is 8.57. The van der Waals surface area contributed by atoms with Crippen molar-refractivity contribution < 1.29 is 4.57 Å². The molecule has 0 radical (unpaired) electrons. The van der Waals surface area contributed by atoms with Crippen LogP contribution in [0.1, 0.15) is 137 Å². The van der Waals surface area contributed by atoms with Crippen LogP contribution in [0.2, 0.25) is 0 Å². The lowest BCUT2D eigenvalue weighted by Crippen LogP contribution is -2.26. The summed E-state index contributed by atoms with van der Waals surface area (Å²) in [7, 11) is -3.13. The Morgan fingerprint density at radius 3 is 1.74 bits per heavy atom. The second-order valence-electron chi connectivity index (χ2n) is 16.8. The van der Waals surface area contributed by atoms with Gasteiger partial charge in [0.05, 0.1) is 0 Å². The summed E-state index contributed by atoms with van der Waals surface area (Å²) < 4.78 is 15.4. The van der Waals surface area contributed by atoms with Crippen molar-refractivity contribution in [2.75, 3.05) is 0 Å². The lowest BCUT2D eigenvalue weighted by Gasteiger charge is -2.33. The lowest BCUT2D eigenvalue weighted by molar-refractivity contribution is 0.397. The summed E-state index contributed by atoms with van der Waals surface area (Å²) in [6.07, 6.45) is 22.7. The van der Waals surface area contributed by atoms with E-state index >= 15 is 4.57 Å². The standard InChI is InChI=1S/C55H63OP/c1-5-7-9-11-13-23-37-55(38-24-14-12-10-8-6-2)51-39-42(3)31-35-49(51)54-50-41-44(33-36-48(50)43(4)40-52(54)55)32-34-45-25-21-22-30-53(45)57(56,46-26-17-15-18-27-46)47-28-19-16-20-29-47/h15-22,25-36,39-41H,5-14,23-24,37-38H2,1-4H3/b34-32+. The van der Waals surface area contributed by atoms with Crippen molar-refractivity contribution in [3.8, 4) is 11.1 Å². The fourth-order valence-electron chi connectivity index (χ4n) is 9.69. The van der Waals surface area contributed by atoms with E-state index in [0.29, 0.717) is 0 Å². The first-order valence-electron chi connectivity index (χ1n) is 22.1. The van der Waals surface area contributed by atoms with Gasteiger partial charge in [-0.25, -0.2) is 0 Å². The first kappa shape index (κ1) is 40.7. The molecule has 0 aliphatic heterocycles. The van der Waals surface area contributed by atoms with Crippen molar-refractivity contribution in [2.24, 2.45) is 0 Å². The quantitative estimate of drug-likeness (QED) is 0.0455. The van der Waals surface area contributed by atoms with E-state index in [-0.39, 0.29) is 5.41 Å². The molecule has 0 amide bonds. The minimum atomic E-state index is -3.13. The maximum absolute atomic E-state index is 15.4. The number of benzene rings is 6. The molecule has 1 aliphatic rings. The molecule has 6 aromatic carbocycles. The summed E-state index contributed by atoms with van der Waals surface area (Å²) in [6.45, 7) is 9.23. The summed E-state index contributed by atoms with van der Waals surface area (Å²) in [6, 6.07) is 45.2. The maximum Gasteiger partial charge on any atom is 0.171 e. The molecule has 0 saturated heterocycles. The molecule has 6 aromatic rings. The number of fused-ring (bicyclic) bond motifs is 5. The van der Waals surface area contributed by atoms with Crippen LogP contribution in [-0.4, -0.2) is 0 Å². The summed E-state index contributed by atoms with van der Waals surface area (Å²) >= 11 is 0. The van der Waals surface area contributed by atoms with Crippen LogP contribution in [-0.2, 0) is 9.98 Å². The molecule has 294 valence electrons. The van der Waals surface area contributed by atoms with Crippen molar-refractivity contribution in [3.63, 3.8) is 0 Å². The van der Waals surface area contributed by atoms with Gasteiger partial charge in [0.15, 0.2) is 7.14 Å². The van der Waals surface area contributed by atoms with Crippen LogP contribution in [0.25, 0.3) is 34.1 Å². The molecule has 0 aromatic heterocycles. The summed E-state index contributed by atoms with van der Waals surface area (Å²) in [5.41, 5.74) is 11.0. The topological polar surface area (TPSA) is 17.1 Å². The maximum atomic E-state index is 15.4. The Balaban J connectivity index is 1.31. The number of hydrogen-bond donors (Lipinski definition) is 0. The third-order valence-corrected chi connectivity index (χ3v) is 15.9. The molecule has 0 atom stereocenters. The largest absolute Gasteiger partial charge is 0.309 e. The van der Waals surface area contributed by atoms with Gasteiger partial charge in [-0.15, -0.1) is 0 Å². The number of aryl methyl sites for hydroxylation is 2. The van der Waals surface area contributed by atoms with Crippen LogP contribution in [0.4, 0.5) is 0 Å². The number of unbranched alkanes of at least 4 members (excludes halogenated alkanes) is 10. The highest BCUT2D eigenvalue weighted by Crippen LogP contribution is 2.57. The molecule has 0 saturated carbocycles. The van der Waals surface area contributed by atoms with Gasteiger partial charge in [-0.3, -0.25) is 0 Å². The predicted octanol–water partition coefficient (Wildman–Crippen LogP) is 15.0. The van der Waals surface area contributed by atoms with E-state index in [2.05, 4.69) is 101 Å². The molecule has 1 aliphatic carbocycles. The Hall–Kier alpha value is -4.45. The molecular formula is C55H63OP. The zero-order valence-corrected chi connectivity index (χ0v) is 35.9. The molecule has 57 heavy (non-hydrogen) atoms. The van der Waals surface area contributed by atoms with Gasteiger partial charge in [-0.1, -0.05) is 230 Å². The van der Waals surface area contributed by atoms with Crippen LogP contribution in [0.15, 0.2) is 127 Å². The first-order valence-corrected chi connectivity index (χ1v) is 23.8. The summed E-state index contributed by atoms with van der Waals surface area (Å²) in [5, 5.41) is 5.28. The Morgan fingerprint density at radius 1 is 0.526 bits per heavy atom. The van der Waals surface area contributed by atoms with Gasteiger partial charge < -0.3 is 4.57 Å². The van der Waals surface area contributed by atoms with Crippen LogP contribution >= 0.6 is 7.14 Å². The Bertz CT molecular complexity index is 2270. The second-order valence-corrected chi connectivity index (χ2v) is 19.5. The van der Waals surface area contributed by atoms with Crippen molar-refractivity contribution in [3.05, 3.63) is 161 Å². The van der Waals surface area contributed by atoms with E-state index in [4.69, 9.17) is 0 Å². The van der Waals surface area contributed by atoms with Gasteiger partial charge in [-0.05, 0) is 82.5 Å². The van der Waals surface area contributed by atoms with Crippen LogP contribution < -0.4 is 15.9 Å². The van der Waals surface area contributed by atoms with Gasteiger partial charge in [0.1, 0.15) is 0 Å². The number of rotatable bonds is 19. The highest BCUT2D eigenvalue weighted by molar-refractivity contribution is 7.85. The Kier molecular flexibility index (Phi) is 13.5. The average molecular weight is 771 g/mol. The molecule has 1 nitrogen and oxygen atoms in total. The van der Waals surface area contributed by atoms with E-state index in [9.17, 15) is 0 Å². The Morgan fingerprint density at radius 2 is 1.11 bits per heavy atom. The molecule has 0 fully saturated rings. The summed E-state index contributed by atoms with van der Waals surface area (Å²) in [4.78, 5) is 0. The molecule has 2 heteroatoms. The smallest absolute Gasteiger partial charge is 0.171 e. The minimum absolute atomic E-state index is 0.0476. The zero-order valence-electron chi connectivity index (χ0n) is 35.0. The van der Waals surface area contributed by atoms with Crippen LogP contribution in [0, 0.1) is 13.8 Å². The Labute approximate surface area is 344 Å². The van der Waals surface area contributed by atoms with Crippen LogP contribution in [0.3, 0.4) is 0 Å². The molecular weight excluding hydrogens is 708 g/mol. The SMILES string of the molecule is CCCCCCCCC1(CCCCCCCC)c2cc(C)ccc2-c2c1cc(C)c1ccc(/C=C/c3ccccc3P(=O)(c3ccccc3)c3ccccc3)cc21. The van der Waals surface area contributed by atoms with Crippen molar-refractivity contribution >= 4 is 46.0 Å². The predicted molar refractivity (Wildman–Crippen MR) is 250 cm³/mol. The lowest BCUT2D eigenvalue weighted by atomic mass is 9.70. The van der Waals surface area contributed by atoms with Gasteiger partial charge in [0.2, 0.25) is 0 Å². The van der Waals surface area contributed by atoms with Gasteiger partial charge >= 0.3 is 0 Å². The molecule has 0 bridgehead atoms. The van der Waals surface area contributed by atoms with E-state index in [1.54, 1.807) is 11.1 Å². The molecule has 0 unspecified atom stereocenters. The van der Waals surface area contributed by atoms with Gasteiger partial charge in [0.25, 0.3) is 0 Å². The fraction of sp³-hybridized carbons (Fsp3) is 0.345. The molecule has 0 heterocycles. The minimum Gasteiger partial charge on any atom is -0.309 e. The van der Waals surface area contributed by atoms with E-state index < -0.39 is 7.14 Å². The van der Waals surface area contributed by atoms with E-state index in [1.165, 1.54) is 123 Å². The monoisotopic (exact) mass is 770 g/mol. The van der Waals surface area contributed by atoms with E-state index in [0.717, 1.165) is 27.0 Å².